The van der Waals surface area contributed by atoms with Crippen LogP contribution in [0.3, 0.4) is 0 Å². The third kappa shape index (κ3) is 4.60. The van der Waals surface area contributed by atoms with Crippen LogP contribution in [-0.2, 0) is 0 Å². The van der Waals surface area contributed by atoms with Gasteiger partial charge in [-0.05, 0) is 39.8 Å². The first-order valence-corrected chi connectivity index (χ1v) is 7.06. The Labute approximate surface area is 124 Å². The maximum Gasteiger partial charge on any atom is 0.338 e. The fraction of sp³-hybridized carbons (Fsp3) is 0.533. The summed E-state index contributed by atoms with van der Waals surface area (Å²) < 4.78 is 13.6. The molecule has 0 saturated carbocycles. The second-order valence-electron chi connectivity index (χ2n) is 5.58. The summed E-state index contributed by atoms with van der Waals surface area (Å²) in [5, 5.41) is 11.9. The number of hydrogen-bond donors (Lipinski definition) is 3. The Bertz CT molecular complexity index is 496. The van der Waals surface area contributed by atoms with Crippen molar-refractivity contribution in [2.75, 3.05) is 24.1 Å². The molecular weight excluding hydrogens is 273 g/mol. The molecule has 0 heterocycles. The minimum Gasteiger partial charge on any atom is -0.478 e. The molecule has 0 bridgehead atoms. The van der Waals surface area contributed by atoms with Gasteiger partial charge < -0.3 is 16.2 Å². The Balaban J connectivity index is 2.72. The van der Waals surface area contributed by atoms with E-state index in [1.165, 1.54) is 0 Å². The lowest BCUT2D eigenvalue weighted by molar-refractivity contribution is 0.0692. The summed E-state index contributed by atoms with van der Waals surface area (Å²) in [6.07, 6.45) is 0. The van der Waals surface area contributed by atoms with Crippen LogP contribution in [-0.4, -0.2) is 41.1 Å². The summed E-state index contributed by atoms with van der Waals surface area (Å²) in [6.45, 7) is 9.88. The SMILES string of the molecule is CC(C)N(CCNc1cc(F)c(C(=O)O)cc1N)C(C)C. The van der Waals surface area contributed by atoms with Gasteiger partial charge in [0.15, 0.2) is 0 Å². The molecule has 0 radical (unpaired) electrons. The summed E-state index contributed by atoms with van der Waals surface area (Å²) in [6, 6.07) is 3.10. The zero-order chi connectivity index (χ0) is 16.2. The molecular formula is C15H24FN3O2. The van der Waals surface area contributed by atoms with Gasteiger partial charge >= 0.3 is 5.97 Å². The van der Waals surface area contributed by atoms with Crippen LogP contribution in [0.2, 0.25) is 0 Å². The molecule has 0 spiro atoms. The number of anilines is 2. The minimum atomic E-state index is -1.32. The average Bonchev–Trinajstić information content (AvgIpc) is 2.36. The van der Waals surface area contributed by atoms with E-state index in [0.717, 1.165) is 18.7 Å². The van der Waals surface area contributed by atoms with Gasteiger partial charge in [-0.25, -0.2) is 9.18 Å². The highest BCUT2D eigenvalue weighted by atomic mass is 19.1. The van der Waals surface area contributed by atoms with Crippen LogP contribution in [0.4, 0.5) is 15.8 Å². The molecule has 1 rings (SSSR count). The van der Waals surface area contributed by atoms with Gasteiger partial charge in [0.05, 0.1) is 16.9 Å². The number of rotatable bonds is 7. The highest BCUT2D eigenvalue weighted by molar-refractivity contribution is 5.90. The molecule has 0 aliphatic rings. The van der Waals surface area contributed by atoms with Crippen molar-refractivity contribution in [3.8, 4) is 0 Å². The molecule has 0 aliphatic carbocycles. The quantitative estimate of drug-likeness (QED) is 0.674. The van der Waals surface area contributed by atoms with Crippen LogP contribution in [0.5, 0.6) is 0 Å². The second kappa shape index (κ2) is 7.26. The maximum absolute atomic E-state index is 13.6. The van der Waals surface area contributed by atoms with Crippen molar-refractivity contribution in [1.82, 2.24) is 4.90 Å². The van der Waals surface area contributed by atoms with Gasteiger partial charge in [-0.2, -0.15) is 0 Å². The van der Waals surface area contributed by atoms with E-state index < -0.39 is 17.3 Å². The number of carboxylic acids is 1. The average molecular weight is 297 g/mol. The standard InChI is InChI=1S/C15H24FN3O2/c1-9(2)19(10(3)4)6-5-18-14-8-12(16)11(15(20)21)7-13(14)17/h7-10,18H,5-6,17H2,1-4H3,(H,20,21). The predicted octanol–water partition coefficient (Wildman–Crippen LogP) is 2.64. The Kier molecular flexibility index (Phi) is 5.96. The highest BCUT2D eigenvalue weighted by Crippen LogP contribution is 2.23. The molecule has 6 heteroatoms. The number of nitrogens with zero attached hydrogens (tertiary/aromatic N) is 1. The summed E-state index contributed by atoms with van der Waals surface area (Å²) >= 11 is 0. The molecule has 21 heavy (non-hydrogen) atoms. The van der Waals surface area contributed by atoms with Crippen LogP contribution in [0, 0.1) is 5.82 Å². The van der Waals surface area contributed by atoms with E-state index in [-0.39, 0.29) is 5.69 Å². The maximum atomic E-state index is 13.6. The van der Waals surface area contributed by atoms with Gasteiger partial charge in [-0.1, -0.05) is 0 Å². The number of nitrogens with one attached hydrogen (secondary N) is 1. The van der Waals surface area contributed by atoms with E-state index in [1.54, 1.807) is 0 Å². The number of halogens is 1. The first kappa shape index (κ1) is 17.2. The number of carboxylic acid groups (broad SMARTS) is 1. The smallest absolute Gasteiger partial charge is 0.338 e. The van der Waals surface area contributed by atoms with E-state index in [2.05, 4.69) is 37.9 Å². The van der Waals surface area contributed by atoms with Crippen LogP contribution >= 0.6 is 0 Å². The molecule has 4 N–H and O–H groups in total. The van der Waals surface area contributed by atoms with Crippen LogP contribution < -0.4 is 11.1 Å². The topological polar surface area (TPSA) is 78.6 Å². The number of nitrogen functional groups attached to an aromatic ring is 1. The summed E-state index contributed by atoms with van der Waals surface area (Å²) in [5.74, 6) is -2.11. The van der Waals surface area contributed by atoms with Gasteiger partial charge in [-0.15, -0.1) is 0 Å². The van der Waals surface area contributed by atoms with Crippen molar-refractivity contribution < 1.29 is 14.3 Å². The third-order valence-electron chi connectivity index (χ3n) is 3.38. The van der Waals surface area contributed by atoms with E-state index >= 15 is 0 Å². The Morgan fingerprint density at radius 2 is 1.90 bits per heavy atom. The first-order valence-electron chi connectivity index (χ1n) is 7.06. The summed E-state index contributed by atoms with van der Waals surface area (Å²) in [7, 11) is 0. The summed E-state index contributed by atoms with van der Waals surface area (Å²) in [5.41, 5.74) is 6.00. The molecule has 0 saturated heterocycles. The van der Waals surface area contributed by atoms with Crippen molar-refractivity contribution in [3.63, 3.8) is 0 Å². The van der Waals surface area contributed by atoms with Crippen molar-refractivity contribution in [2.45, 2.75) is 39.8 Å². The second-order valence-corrected chi connectivity index (χ2v) is 5.58. The van der Waals surface area contributed by atoms with E-state index in [0.29, 0.717) is 24.3 Å². The molecule has 0 amide bonds. The normalized spacial score (nSPS) is 11.4. The zero-order valence-corrected chi connectivity index (χ0v) is 13.0. The minimum absolute atomic E-state index is 0.231. The molecule has 118 valence electrons. The van der Waals surface area contributed by atoms with E-state index in [4.69, 9.17) is 10.8 Å². The number of hydrogen-bond acceptors (Lipinski definition) is 4. The van der Waals surface area contributed by atoms with Gasteiger partial charge in [0.25, 0.3) is 0 Å². The molecule has 0 unspecified atom stereocenters. The van der Waals surface area contributed by atoms with E-state index in [1.807, 2.05) is 0 Å². The number of carbonyl (C=O) groups is 1. The molecule has 0 aliphatic heterocycles. The fourth-order valence-electron chi connectivity index (χ4n) is 2.34. The molecule has 0 atom stereocenters. The monoisotopic (exact) mass is 297 g/mol. The summed E-state index contributed by atoms with van der Waals surface area (Å²) in [4.78, 5) is 13.1. The lowest BCUT2D eigenvalue weighted by Crippen LogP contribution is -2.40. The predicted molar refractivity (Wildman–Crippen MR) is 83.2 cm³/mol. The molecule has 0 aromatic heterocycles. The lowest BCUT2D eigenvalue weighted by Gasteiger charge is -2.30. The fourth-order valence-corrected chi connectivity index (χ4v) is 2.34. The number of nitrogens with two attached hydrogens (primary N) is 1. The van der Waals surface area contributed by atoms with Crippen molar-refractivity contribution in [3.05, 3.63) is 23.5 Å². The Morgan fingerprint density at radius 1 is 1.33 bits per heavy atom. The largest absolute Gasteiger partial charge is 0.478 e. The molecule has 1 aromatic rings. The van der Waals surface area contributed by atoms with Crippen molar-refractivity contribution >= 4 is 17.3 Å². The third-order valence-corrected chi connectivity index (χ3v) is 3.38. The van der Waals surface area contributed by atoms with Crippen LogP contribution in [0.15, 0.2) is 12.1 Å². The zero-order valence-electron chi connectivity index (χ0n) is 13.0. The number of aromatic carboxylic acids is 1. The Morgan fingerprint density at radius 3 is 2.38 bits per heavy atom. The van der Waals surface area contributed by atoms with Crippen molar-refractivity contribution in [2.24, 2.45) is 0 Å². The van der Waals surface area contributed by atoms with Gasteiger partial charge in [0.1, 0.15) is 5.82 Å². The Hall–Kier alpha value is -1.82. The number of benzene rings is 1. The molecule has 5 nitrogen and oxygen atoms in total. The van der Waals surface area contributed by atoms with Crippen LogP contribution in [0.1, 0.15) is 38.1 Å². The van der Waals surface area contributed by atoms with Crippen molar-refractivity contribution in [1.29, 1.82) is 0 Å². The lowest BCUT2D eigenvalue weighted by atomic mass is 10.1. The van der Waals surface area contributed by atoms with Gasteiger partial charge in [0, 0.05) is 25.2 Å². The van der Waals surface area contributed by atoms with E-state index in [9.17, 15) is 9.18 Å². The molecule has 1 aromatic carbocycles. The highest BCUT2D eigenvalue weighted by Gasteiger charge is 2.15. The van der Waals surface area contributed by atoms with Crippen LogP contribution in [0.25, 0.3) is 0 Å². The van der Waals surface area contributed by atoms with Gasteiger partial charge in [0.2, 0.25) is 0 Å². The first-order chi connectivity index (χ1) is 9.73. The van der Waals surface area contributed by atoms with Gasteiger partial charge in [-0.3, -0.25) is 4.90 Å². The molecule has 0 fully saturated rings.